The highest BCUT2D eigenvalue weighted by Crippen LogP contribution is 2.77. The van der Waals surface area contributed by atoms with Gasteiger partial charge in [-0.3, -0.25) is 9.59 Å². The van der Waals surface area contributed by atoms with Gasteiger partial charge in [-0.1, -0.05) is 20.4 Å². The SMILES string of the molecule is C=C1[C@H]2CC[C@H]3[C@@]45C(=O)O[C@@](O)([C@@H](O)[C@@H]4C(C)(C)CC[C@@H]5OC(C)=O)[C@@]3([C@@H]1O)[C@@H]2O. The molecule has 2 saturated heterocycles. The van der Waals surface area contributed by atoms with Crippen LogP contribution in [0.5, 0.6) is 0 Å². The molecular weight excluding hydrogens is 392 g/mol. The predicted molar refractivity (Wildman–Crippen MR) is 101 cm³/mol. The first-order valence-electron chi connectivity index (χ1n) is 10.7. The maximum Gasteiger partial charge on any atom is 0.319 e. The molecular formula is C22H30O8. The smallest absolute Gasteiger partial charge is 0.319 e. The summed E-state index contributed by atoms with van der Waals surface area (Å²) in [4.78, 5) is 25.6. The van der Waals surface area contributed by atoms with Crippen LogP contribution in [0, 0.1) is 34.0 Å². The fourth-order valence-corrected chi connectivity index (χ4v) is 8.32. The normalized spacial score (nSPS) is 55.5. The highest BCUT2D eigenvalue weighted by molar-refractivity contribution is 5.83. The van der Waals surface area contributed by atoms with Crippen molar-refractivity contribution >= 4 is 11.9 Å². The first-order chi connectivity index (χ1) is 13.9. The summed E-state index contributed by atoms with van der Waals surface area (Å²) >= 11 is 0. The third kappa shape index (κ3) is 1.82. The number of aliphatic hydroxyl groups excluding tert-OH is 3. The molecule has 4 saturated carbocycles. The Morgan fingerprint density at radius 2 is 1.83 bits per heavy atom. The fraction of sp³-hybridized carbons (Fsp3) is 0.818. The average molecular weight is 422 g/mol. The second-order valence-corrected chi connectivity index (χ2v) is 10.7. The molecule has 0 aromatic heterocycles. The van der Waals surface area contributed by atoms with Gasteiger partial charge in [0, 0.05) is 18.8 Å². The van der Waals surface area contributed by atoms with E-state index in [2.05, 4.69) is 6.58 Å². The number of aliphatic hydroxyl groups is 4. The minimum atomic E-state index is -2.46. The predicted octanol–water partition coefficient (Wildman–Crippen LogP) is 0.265. The van der Waals surface area contributed by atoms with E-state index < -0.39 is 76.1 Å². The Labute approximate surface area is 174 Å². The number of hydrogen-bond donors (Lipinski definition) is 4. The molecule has 0 aromatic rings. The van der Waals surface area contributed by atoms with Crippen LogP contribution in [0.1, 0.15) is 46.5 Å². The first kappa shape index (κ1) is 20.4. The van der Waals surface area contributed by atoms with Crippen LogP contribution in [-0.4, -0.2) is 62.6 Å². The average Bonchev–Trinajstić information content (AvgIpc) is 2.74. The molecule has 0 unspecified atom stereocenters. The largest absolute Gasteiger partial charge is 0.461 e. The molecule has 6 rings (SSSR count). The zero-order valence-electron chi connectivity index (χ0n) is 17.5. The van der Waals surface area contributed by atoms with Gasteiger partial charge in [0.1, 0.15) is 17.6 Å². The molecule has 6 aliphatic rings. The Morgan fingerprint density at radius 1 is 1.17 bits per heavy atom. The van der Waals surface area contributed by atoms with Crippen LogP contribution >= 0.6 is 0 Å². The molecule has 6 fully saturated rings. The van der Waals surface area contributed by atoms with Crippen LogP contribution in [0.3, 0.4) is 0 Å². The van der Waals surface area contributed by atoms with Gasteiger partial charge >= 0.3 is 11.9 Å². The van der Waals surface area contributed by atoms with Crippen molar-refractivity contribution in [3.05, 3.63) is 12.2 Å². The molecule has 2 spiro atoms. The van der Waals surface area contributed by atoms with Gasteiger partial charge in [-0.05, 0) is 42.6 Å². The molecule has 4 aliphatic carbocycles. The second-order valence-electron chi connectivity index (χ2n) is 10.7. The van der Waals surface area contributed by atoms with Crippen LogP contribution < -0.4 is 0 Å². The minimum Gasteiger partial charge on any atom is -0.461 e. The molecule has 0 amide bonds. The summed E-state index contributed by atoms with van der Waals surface area (Å²) < 4.78 is 11.2. The van der Waals surface area contributed by atoms with Crippen molar-refractivity contribution in [3.8, 4) is 0 Å². The molecule has 30 heavy (non-hydrogen) atoms. The summed E-state index contributed by atoms with van der Waals surface area (Å²) in [5, 5.41) is 45.9. The summed E-state index contributed by atoms with van der Waals surface area (Å²) in [6, 6.07) is 0. The first-order valence-corrected chi connectivity index (χ1v) is 10.7. The molecule has 2 heterocycles. The van der Waals surface area contributed by atoms with Crippen LogP contribution in [0.25, 0.3) is 0 Å². The molecule has 0 aromatic carbocycles. The maximum absolute atomic E-state index is 13.6. The molecule has 0 radical (unpaired) electrons. The molecule has 8 heteroatoms. The lowest BCUT2D eigenvalue weighted by atomic mass is 9.35. The van der Waals surface area contributed by atoms with E-state index in [4.69, 9.17) is 9.47 Å². The van der Waals surface area contributed by atoms with Crippen molar-refractivity contribution < 1.29 is 39.5 Å². The number of fused-ring (bicyclic) bond motifs is 2. The Bertz CT molecular complexity index is 852. The molecule has 166 valence electrons. The lowest BCUT2D eigenvalue weighted by Crippen LogP contribution is -2.87. The minimum absolute atomic E-state index is 0.376. The van der Waals surface area contributed by atoms with Gasteiger partial charge in [-0.15, -0.1) is 0 Å². The van der Waals surface area contributed by atoms with Crippen molar-refractivity contribution in [1.82, 2.24) is 0 Å². The number of hydrogen-bond acceptors (Lipinski definition) is 8. The highest BCUT2D eigenvalue weighted by Gasteiger charge is 2.90. The molecule has 8 nitrogen and oxygen atoms in total. The molecule has 2 aliphatic heterocycles. The number of esters is 2. The van der Waals surface area contributed by atoms with E-state index in [9.17, 15) is 30.0 Å². The second kappa shape index (κ2) is 5.65. The Morgan fingerprint density at radius 3 is 2.47 bits per heavy atom. The van der Waals surface area contributed by atoms with E-state index in [1.54, 1.807) is 0 Å². The van der Waals surface area contributed by atoms with Gasteiger partial charge < -0.3 is 29.9 Å². The zero-order chi connectivity index (χ0) is 22.0. The highest BCUT2D eigenvalue weighted by atomic mass is 16.7. The summed E-state index contributed by atoms with van der Waals surface area (Å²) in [5.74, 6) is -5.73. The van der Waals surface area contributed by atoms with E-state index in [1.165, 1.54) is 6.92 Å². The van der Waals surface area contributed by atoms with E-state index in [1.807, 2.05) is 13.8 Å². The van der Waals surface area contributed by atoms with Crippen LogP contribution in [0.4, 0.5) is 0 Å². The van der Waals surface area contributed by atoms with Crippen molar-refractivity contribution in [2.24, 2.45) is 34.0 Å². The third-order valence-corrected chi connectivity index (χ3v) is 9.26. The van der Waals surface area contributed by atoms with E-state index >= 15 is 0 Å². The van der Waals surface area contributed by atoms with Gasteiger partial charge in [0.2, 0.25) is 5.79 Å². The van der Waals surface area contributed by atoms with Crippen LogP contribution in [-0.2, 0) is 19.1 Å². The maximum atomic E-state index is 13.6. The van der Waals surface area contributed by atoms with Crippen LogP contribution in [0.2, 0.25) is 0 Å². The lowest BCUT2D eigenvalue weighted by molar-refractivity contribution is -0.442. The Balaban J connectivity index is 1.82. The summed E-state index contributed by atoms with van der Waals surface area (Å²) in [6.45, 7) is 9.05. The van der Waals surface area contributed by atoms with E-state index in [-0.39, 0.29) is 0 Å². The van der Waals surface area contributed by atoms with Gasteiger partial charge in [-0.2, -0.15) is 0 Å². The number of carbonyl (C=O) groups is 2. The number of carbonyl (C=O) groups excluding carboxylic acids is 2. The van der Waals surface area contributed by atoms with Crippen molar-refractivity contribution in [2.45, 2.75) is 76.7 Å². The Kier molecular flexibility index (Phi) is 3.85. The van der Waals surface area contributed by atoms with Crippen LogP contribution in [0.15, 0.2) is 12.2 Å². The van der Waals surface area contributed by atoms with Gasteiger partial charge in [0.05, 0.1) is 17.6 Å². The van der Waals surface area contributed by atoms with Crippen molar-refractivity contribution in [2.75, 3.05) is 0 Å². The summed E-state index contributed by atoms with van der Waals surface area (Å²) in [6.07, 6.45) is -3.21. The van der Waals surface area contributed by atoms with Gasteiger partial charge in [-0.25, -0.2) is 0 Å². The topological polar surface area (TPSA) is 134 Å². The summed E-state index contributed by atoms with van der Waals surface area (Å²) in [5.41, 5.74) is -3.40. The lowest BCUT2D eigenvalue weighted by Gasteiger charge is -2.74. The van der Waals surface area contributed by atoms with Gasteiger partial charge in [0.15, 0.2) is 0 Å². The molecule has 4 bridgehead atoms. The van der Waals surface area contributed by atoms with E-state index in [0.717, 1.165) is 0 Å². The Hall–Kier alpha value is -1.48. The van der Waals surface area contributed by atoms with Crippen molar-refractivity contribution in [1.29, 1.82) is 0 Å². The fourth-order valence-electron chi connectivity index (χ4n) is 8.32. The quantitative estimate of drug-likeness (QED) is 0.349. The number of rotatable bonds is 1. The zero-order valence-corrected chi connectivity index (χ0v) is 17.5. The monoisotopic (exact) mass is 422 g/mol. The summed E-state index contributed by atoms with van der Waals surface area (Å²) in [7, 11) is 0. The van der Waals surface area contributed by atoms with Gasteiger partial charge in [0.25, 0.3) is 0 Å². The molecule has 10 atom stereocenters. The number of ether oxygens (including phenoxy) is 2. The van der Waals surface area contributed by atoms with E-state index in [0.29, 0.717) is 31.3 Å². The standard InChI is InChI=1S/C22H30O8/c1-9-11-5-6-12-20-13(29-10(2)23)7-8-19(3,4)14(20)17(26)22(28,30-18(20)27)21(12,15(9)24)16(11)25/h11-17,24-26,28H,1,5-8H2,2-4H3/t11-,12+,13+,14-,15-,16-,17+,20+,21+,22+/m1/s1. The third-order valence-electron chi connectivity index (χ3n) is 9.26. The van der Waals surface area contributed by atoms with Crippen molar-refractivity contribution in [3.63, 3.8) is 0 Å². The molecule has 4 N–H and O–H groups in total.